The number of nitrogens with zero attached hydrogens (tertiary/aromatic N) is 4. The second kappa shape index (κ2) is 16.7. The molecular formula is C36H39ClF3N7O4. The van der Waals surface area contributed by atoms with Crippen molar-refractivity contribution in [2.45, 2.75) is 45.8 Å². The van der Waals surface area contributed by atoms with E-state index in [1.54, 1.807) is 42.5 Å². The van der Waals surface area contributed by atoms with E-state index in [-0.39, 0.29) is 30.3 Å². The predicted molar refractivity (Wildman–Crippen MR) is 187 cm³/mol. The lowest BCUT2D eigenvalue weighted by Crippen LogP contribution is -2.45. The summed E-state index contributed by atoms with van der Waals surface area (Å²) in [5.41, 5.74) is 2.19. The molecule has 0 saturated carbocycles. The molecule has 15 heteroatoms. The number of anilines is 3. The monoisotopic (exact) mass is 725 g/mol. The van der Waals surface area contributed by atoms with Crippen LogP contribution in [0.25, 0.3) is 0 Å². The van der Waals surface area contributed by atoms with Gasteiger partial charge < -0.3 is 30.3 Å². The third kappa shape index (κ3) is 11.7. The van der Waals surface area contributed by atoms with Crippen LogP contribution >= 0.6 is 11.6 Å². The number of hydrogen-bond acceptors (Lipinski definition) is 9. The smallest absolute Gasteiger partial charge is 0.422 e. The van der Waals surface area contributed by atoms with Crippen LogP contribution in [0.15, 0.2) is 72.8 Å². The first-order valence-electron chi connectivity index (χ1n) is 16.4. The largest absolute Gasteiger partial charge is 0.492 e. The van der Waals surface area contributed by atoms with E-state index in [9.17, 15) is 22.8 Å². The molecule has 0 spiro atoms. The van der Waals surface area contributed by atoms with Crippen molar-refractivity contribution in [3.05, 3.63) is 94.5 Å². The molecule has 0 aliphatic carbocycles. The molecule has 6 bridgehead atoms. The maximum absolute atomic E-state index is 13.5. The van der Waals surface area contributed by atoms with Gasteiger partial charge in [0.2, 0.25) is 17.8 Å². The van der Waals surface area contributed by atoms with E-state index < -0.39 is 24.2 Å². The first-order chi connectivity index (χ1) is 24.3. The Hall–Kier alpha value is -5.11. The zero-order valence-electron chi connectivity index (χ0n) is 28.2. The van der Waals surface area contributed by atoms with Gasteiger partial charge in [-0.15, -0.1) is 0 Å². The summed E-state index contributed by atoms with van der Waals surface area (Å²) in [6.07, 6.45) is -3.09. The second-order valence-electron chi connectivity index (χ2n) is 12.8. The number of carbonyl (C=O) groups is 2. The fourth-order valence-electron chi connectivity index (χ4n) is 5.27. The first kappa shape index (κ1) is 37.2. The van der Waals surface area contributed by atoms with E-state index >= 15 is 0 Å². The van der Waals surface area contributed by atoms with Crippen molar-refractivity contribution in [3.63, 3.8) is 0 Å². The van der Waals surface area contributed by atoms with Crippen LogP contribution in [0.3, 0.4) is 0 Å². The predicted octanol–water partition coefficient (Wildman–Crippen LogP) is 6.82. The van der Waals surface area contributed by atoms with Crippen LogP contribution in [-0.2, 0) is 17.8 Å². The summed E-state index contributed by atoms with van der Waals surface area (Å²) in [6, 6.07) is 20.9. The molecule has 11 nitrogen and oxygen atoms in total. The summed E-state index contributed by atoms with van der Waals surface area (Å²) in [5.74, 6) is 0.0383. The molecule has 3 N–H and O–H groups in total. The Labute approximate surface area is 298 Å². The van der Waals surface area contributed by atoms with Gasteiger partial charge in [0.15, 0.2) is 6.61 Å². The quantitative estimate of drug-likeness (QED) is 0.203. The Morgan fingerprint density at radius 1 is 1.00 bits per heavy atom. The Balaban J connectivity index is 1.36. The standard InChI is InChI=1S/C36H39ClF3N7O4/c1-35(2)21-42-31(49)26-11-13-27(14-12-26)43-33-44-32(45-34(46-33)51-23-36(38,39)40)41-20-25-9-15-29(28(37)19-25)50-18-6-17-47(22-35)30(48)16-10-24-7-4-3-5-8-24/h3-5,7-9,11-15,19H,6,10,16-18,20-23H2,1-2H3,(H,42,49)(H2,41,43,44,45,46). The summed E-state index contributed by atoms with van der Waals surface area (Å²) in [7, 11) is 0. The number of rotatable bonds is 5. The van der Waals surface area contributed by atoms with E-state index in [1.165, 1.54) is 0 Å². The topological polar surface area (TPSA) is 131 Å². The summed E-state index contributed by atoms with van der Waals surface area (Å²) in [4.78, 5) is 40.7. The Morgan fingerprint density at radius 2 is 1.75 bits per heavy atom. The summed E-state index contributed by atoms with van der Waals surface area (Å²) < 4.78 is 49.4. The number of aromatic nitrogens is 3. The number of benzene rings is 3. The van der Waals surface area contributed by atoms with Gasteiger partial charge in [0.05, 0.1) is 11.6 Å². The van der Waals surface area contributed by atoms with Gasteiger partial charge in [0.1, 0.15) is 5.75 Å². The van der Waals surface area contributed by atoms with Gasteiger partial charge in [-0.25, -0.2) is 0 Å². The van der Waals surface area contributed by atoms with E-state index in [0.29, 0.717) is 67.5 Å². The van der Waals surface area contributed by atoms with Crippen LogP contribution in [-0.4, -0.2) is 70.7 Å². The van der Waals surface area contributed by atoms with Crippen LogP contribution in [0.1, 0.15) is 48.2 Å². The highest BCUT2D eigenvalue weighted by Crippen LogP contribution is 2.27. The van der Waals surface area contributed by atoms with Crippen molar-refractivity contribution >= 4 is 41.0 Å². The number of aryl methyl sites for hydroxylation is 1. The summed E-state index contributed by atoms with van der Waals surface area (Å²) in [6.45, 7) is 4.02. The zero-order chi connectivity index (χ0) is 36.4. The van der Waals surface area contributed by atoms with Gasteiger partial charge in [-0.3, -0.25) is 9.59 Å². The molecule has 0 atom stereocenters. The molecule has 3 aromatic carbocycles. The van der Waals surface area contributed by atoms with E-state index in [0.717, 1.165) is 11.1 Å². The fraction of sp³-hybridized carbons (Fsp3) is 0.361. The molecule has 51 heavy (non-hydrogen) atoms. The average molecular weight is 726 g/mol. The highest BCUT2D eigenvalue weighted by molar-refractivity contribution is 6.32. The number of alkyl halides is 3. The molecule has 0 radical (unpaired) electrons. The molecule has 5 heterocycles. The Bertz CT molecular complexity index is 1790. The Kier molecular flexibility index (Phi) is 12.2. The minimum atomic E-state index is -4.60. The molecule has 4 aromatic rings. The molecule has 270 valence electrons. The van der Waals surface area contributed by atoms with Crippen molar-refractivity contribution in [1.82, 2.24) is 25.2 Å². The number of halogens is 4. The normalized spacial score (nSPS) is 15.5. The van der Waals surface area contributed by atoms with E-state index in [1.807, 2.05) is 49.1 Å². The minimum Gasteiger partial charge on any atom is -0.492 e. The van der Waals surface area contributed by atoms with Crippen LogP contribution in [0, 0.1) is 5.41 Å². The van der Waals surface area contributed by atoms with Gasteiger partial charge in [-0.05, 0) is 65.8 Å². The van der Waals surface area contributed by atoms with Crippen LogP contribution < -0.4 is 25.4 Å². The molecule has 2 amide bonds. The summed E-state index contributed by atoms with van der Waals surface area (Å²) in [5, 5.41) is 9.21. The van der Waals surface area contributed by atoms with Crippen molar-refractivity contribution in [2.75, 3.05) is 43.5 Å². The molecule has 8 rings (SSSR count). The van der Waals surface area contributed by atoms with Gasteiger partial charge in [0.25, 0.3) is 5.91 Å². The van der Waals surface area contributed by atoms with Crippen molar-refractivity contribution in [2.24, 2.45) is 5.41 Å². The molecule has 1 aromatic heterocycles. The van der Waals surface area contributed by atoms with Crippen molar-refractivity contribution in [3.8, 4) is 11.8 Å². The molecule has 0 fully saturated rings. The molecule has 4 aliphatic heterocycles. The highest BCUT2D eigenvalue weighted by atomic mass is 35.5. The van der Waals surface area contributed by atoms with Gasteiger partial charge in [0, 0.05) is 43.9 Å². The van der Waals surface area contributed by atoms with E-state index in [4.69, 9.17) is 21.1 Å². The first-order valence-corrected chi connectivity index (χ1v) is 16.8. The maximum Gasteiger partial charge on any atom is 0.422 e. The minimum absolute atomic E-state index is 0.0139. The number of amides is 2. The Morgan fingerprint density at radius 3 is 2.47 bits per heavy atom. The maximum atomic E-state index is 13.5. The average Bonchev–Trinajstić information content (AvgIpc) is 3.10. The van der Waals surface area contributed by atoms with Crippen LogP contribution in [0.5, 0.6) is 11.8 Å². The number of ether oxygens (including phenoxy) is 2. The van der Waals surface area contributed by atoms with E-state index in [2.05, 4.69) is 30.9 Å². The molecule has 0 unspecified atom stereocenters. The zero-order valence-corrected chi connectivity index (χ0v) is 29.0. The SMILES string of the molecule is CC1(C)CNC(=O)c2ccc(cc2)Nc2nc(nc(OCC(F)(F)F)n2)NCc2ccc(c(Cl)c2)OCCCN(C(=O)CCc2ccccc2)C1. The third-order valence-electron chi connectivity index (χ3n) is 7.83. The van der Waals surface area contributed by atoms with Crippen molar-refractivity contribution < 1.29 is 32.2 Å². The third-order valence-corrected chi connectivity index (χ3v) is 8.12. The second-order valence-corrected chi connectivity index (χ2v) is 13.2. The van der Waals surface area contributed by atoms with Gasteiger partial charge in [-0.1, -0.05) is 61.8 Å². The van der Waals surface area contributed by atoms with Gasteiger partial charge >= 0.3 is 12.2 Å². The summed E-state index contributed by atoms with van der Waals surface area (Å²) >= 11 is 6.54. The number of nitrogens with one attached hydrogen (secondary N) is 3. The van der Waals surface area contributed by atoms with Crippen LogP contribution in [0.2, 0.25) is 5.02 Å². The number of hydrogen-bond donors (Lipinski definition) is 3. The molecular weight excluding hydrogens is 687 g/mol. The van der Waals surface area contributed by atoms with Crippen LogP contribution in [0.4, 0.5) is 30.8 Å². The lowest BCUT2D eigenvalue weighted by molar-refractivity contribution is -0.154. The van der Waals surface area contributed by atoms with Crippen molar-refractivity contribution in [1.29, 1.82) is 0 Å². The molecule has 0 saturated heterocycles. The molecule has 4 aliphatic rings. The fourth-order valence-corrected chi connectivity index (χ4v) is 5.52. The lowest BCUT2D eigenvalue weighted by Gasteiger charge is -2.33. The lowest BCUT2D eigenvalue weighted by atomic mass is 9.92. The van der Waals surface area contributed by atoms with Gasteiger partial charge in [-0.2, -0.15) is 28.1 Å². The highest BCUT2D eigenvalue weighted by Gasteiger charge is 2.29. The number of carbonyl (C=O) groups excluding carboxylic acids is 2.